The van der Waals surface area contributed by atoms with Crippen LogP contribution in [0.4, 0.5) is 0 Å². The van der Waals surface area contributed by atoms with Gasteiger partial charge in [-0.25, -0.2) is 4.79 Å². The van der Waals surface area contributed by atoms with E-state index in [0.29, 0.717) is 12.0 Å². The van der Waals surface area contributed by atoms with Crippen molar-refractivity contribution < 1.29 is 44.1 Å². The summed E-state index contributed by atoms with van der Waals surface area (Å²) in [6, 6.07) is 0.538. The van der Waals surface area contributed by atoms with Crippen molar-refractivity contribution in [3.8, 4) is 5.75 Å². The van der Waals surface area contributed by atoms with Gasteiger partial charge in [-0.3, -0.25) is 24.0 Å². The van der Waals surface area contributed by atoms with Gasteiger partial charge in [0.15, 0.2) is 0 Å². The fourth-order valence-electron chi connectivity index (χ4n) is 5.20. The summed E-state index contributed by atoms with van der Waals surface area (Å²) in [5, 5.41) is 36.7. The van der Waals surface area contributed by atoms with Crippen molar-refractivity contribution in [3.63, 3.8) is 0 Å². The zero-order valence-corrected chi connectivity index (χ0v) is 23.8. The van der Waals surface area contributed by atoms with Gasteiger partial charge in [-0.15, -0.1) is 0 Å². The van der Waals surface area contributed by atoms with Gasteiger partial charge in [0.1, 0.15) is 29.9 Å². The van der Waals surface area contributed by atoms with Gasteiger partial charge in [0.05, 0.1) is 19.2 Å². The third-order valence-electron chi connectivity index (χ3n) is 7.44. The third kappa shape index (κ3) is 8.62. The van der Waals surface area contributed by atoms with Gasteiger partial charge in [0.2, 0.25) is 29.5 Å². The molecule has 0 spiro atoms. The molecule has 236 valence electrons. The van der Waals surface area contributed by atoms with Gasteiger partial charge >= 0.3 is 5.97 Å². The highest BCUT2D eigenvalue weighted by Gasteiger charge is 2.45. The first-order valence-electron chi connectivity index (χ1n) is 13.9. The normalized spacial score (nSPS) is 21.9. The van der Waals surface area contributed by atoms with Crippen molar-refractivity contribution in [2.75, 3.05) is 26.2 Å². The predicted molar refractivity (Wildman–Crippen MR) is 150 cm³/mol. The molecule has 0 saturated carbocycles. The number of benzene rings is 1. The molecule has 2 saturated heterocycles. The number of β-amino-alcohol motifs (C(OH)–C–C–N with tert-alkyl or cyclic N) is 1. The monoisotopic (exact) mass is 605 g/mol. The second-order valence-electron chi connectivity index (χ2n) is 10.7. The lowest BCUT2D eigenvalue weighted by Crippen LogP contribution is -2.58. The zero-order valence-electron chi connectivity index (χ0n) is 23.8. The number of aliphatic hydroxyl groups excluding tert-OH is 1. The van der Waals surface area contributed by atoms with E-state index in [4.69, 9.17) is 11.5 Å². The lowest BCUT2D eigenvalue weighted by Gasteiger charge is -2.31. The molecule has 6 atom stereocenters. The molecule has 16 heteroatoms. The van der Waals surface area contributed by atoms with Crippen molar-refractivity contribution >= 4 is 35.5 Å². The average molecular weight is 606 g/mol. The number of nitrogens with one attached hydrogen (secondary N) is 3. The summed E-state index contributed by atoms with van der Waals surface area (Å²) in [5.41, 5.74) is 11.6. The van der Waals surface area contributed by atoms with Gasteiger partial charge < -0.3 is 52.5 Å². The summed E-state index contributed by atoms with van der Waals surface area (Å²) in [6.07, 6.45) is -0.422. The van der Waals surface area contributed by atoms with Gasteiger partial charge in [0.25, 0.3) is 0 Å². The highest BCUT2D eigenvalue weighted by Crippen LogP contribution is 2.25. The van der Waals surface area contributed by atoms with E-state index in [0.717, 1.165) is 4.90 Å². The maximum atomic E-state index is 13.6. The Morgan fingerprint density at radius 1 is 1.05 bits per heavy atom. The van der Waals surface area contributed by atoms with Crippen molar-refractivity contribution in [2.45, 2.75) is 68.9 Å². The van der Waals surface area contributed by atoms with Crippen LogP contribution in [-0.4, -0.2) is 123 Å². The molecule has 1 unspecified atom stereocenters. The number of carbonyl (C=O) groups is 6. The van der Waals surface area contributed by atoms with Gasteiger partial charge in [-0.2, -0.15) is 0 Å². The fraction of sp³-hybridized carbons (Fsp3) is 0.556. The van der Waals surface area contributed by atoms with E-state index in [9.17, 15) is 44.1 Å². The fourth-order valence-corrected chi connectivity index (χ4v) is 5.20. The first-order chi connectivity index (χ1) is 20.3. The molecular formula is C27H39N7O9. The number of amides is 5. The molecule has 0 aliphatic carbocycles. The number of likely N-dealkylation sites (tertiary alicyclic amines) is 2. The number of carbonyl (C=O) groups excluding carboxylic acids is 5. The van der Waals surface area contributed by atoms with Crippen LogP contribution in [0.1, 0.15) is 31.7 Å². The van der Waals surface area contributed by atoms with Crippen molar-refractivity contribution in [1.29, 1.82) is 0 Å². The Morgan fingerprint density at radius 2 is 1.72 bits per heavy atom. The van der Waals surface area contributed by atoms with E-state index < -0.39 is 78.4 Å². The molecule has 2 aliphatic rings. The highest BCUT2D eigenvalue weighted by atomic mass is 16.4. The number of rotatable bonds is 12. The highest BCUT2D eigenvalue weighted by molar-refractivity contribution is 5.96. The number of hydrogen-bond acceptors (Lipinski definition) is 10. The van der Waals surface area contributed by atoms with Crippen LogP contribution in [0.25, 0.3) is 0 Å². The van der Waals surface area contributed by atoms with Crippen molar-refractivity contribution in [2.24, 2.45) is 11.5 Å². The molecule has 1 aromatic carbocycles. The Morgan fingerprint density at radius 3 is 2.33 bits per heavy atom. The summed E-state index contributed by atoms with van der Waals surface area (Å²) in [7, 11) is 0. The minimum Gasteiger partial charge on any atom is -0.508 e. The second-order valence-corrected chi connectivity index (χ2v) is 10.7. The average Bonchev–Trinajstić information content (AvgIpc) is 3.61. The number of hydrogen-bond donors (Lipinski definition) is 8. The lowest BCUT2D eigenvalue weighted by atomic mass is 10.0. The molecule has 2 heterocycles. The van der Waals surface area contributed by atoms with Crippen LogP contribution in [-0.2, 0) is 35.2 Å². The van der Waals surface area contributed by atoms with Crippen LogP contribution in [0.5, 0.6) is 5.75 Å². The molecule has 5 amide bonds. The summed E-state index contributed by atoms with van der Waals surface area (Å²) in [4.78, 5) is 78.3. The summed E-state index contributed by atoms with van der Waals surface area (Å²) in [5.74, 6) is -4.52. The number of nitrogens with two attached hydrogens (primary N) is 2. The minimum atomic E-state index is -1.29. The quantitative estimate of drug-likeness (QED) is 0.115. The molecule has 3 rings (SSSR count). The van der Waals surface area contributed by atoms with E-state index in [1.807, 2.05) is 0 Å². The maximum Gasteiger partial charge on any atom is 0.326 e. The Balaban J connectivity index is 1.65. The molecule has 2 fully saturated rings. The summed E-state index contributed by atoms with van der Waals surface area (Å²) < 4.78 is 0. The minimum absolute atomic E-state index is 0.0112. The number of carboxylic acid groups (broad SMARTS) is 1. The molecule has 2 aliphatic heterocycles. The van der Waals surface area contributed by atoms with E-state index in [1.165, 1.54) is 36.1 Å². The van der Waals surface area contributed by atoms with Crippen LogP contribution in [0, 0.1) is 0 Å². The SMILES string of the molecule is CC(N)[C@@H](NC(=O)CN)C(=O)NCC(=O)N1C[C@H](O)C[C@@H]1C(=O)N1CCC[C@@H]1C(=O)N[C@H](Cc1ccc(O)cc1)C(=O)O. The van der Waals surface area contributed by atoms with Gasteiger partial charge in [0, 0.05) is 32.0 Å². The molecule has 1 aromatic rings. The van der Waals surface area contributed by atoms with Crippen LogP contribution in [0.15, 0.2) is 24.3 Å². The summed E-state index contributed by atoms with van der Waals surface area (Å²) >= 11 is 0. The number of carboxylic acids is 1. The van der Waals surface area contributed by atoms with Crippen molar-refractivity contribution in [3.05, 3.63) is 29.8 Å². The lowest BCUT2D eigenvalue weighted by molar-refractivity contribution is -0.147. The maximum absolute atomic E-state index is 13.6. The van der Waals surface area contributed by atoms with Crippen LogP contribution in [0.2, 0.25) is 0 Å². The Bertz CT molecular complexity index is 1210. The van der Waals surface area contributed by atoms with E-state index in [-0.39, 0.29) is 44.6 Å². The molecule has 10 N–H and O–H groups in total. The topological polar surface area (TPSA) is 258 Å². The molecular weight excluding hydrogens is 566 g/mol. The molecule has 43 heavy (non-hydrogen) atoms. The first kappa shape index (κ1) is 33.2. The smallest absolute Gasteiger partial charge is 0.326 e. The van der Waals surface area contributed by atoms with Crippen LogP contribution >= 0.6 is 0 Å². The van der Waals surface area contributed by atoms with Gasteiger partial charge in [-0.05, 0) is 37.5 Å². The molecule has 16 nitrogen and oxygen atoms in total. The van der Waals surface area contributed by atoms with Crippen LogP contribution in [0.3, 0.4) is 0 Å². The standard InChI is InChI=1S/C27H39N7O9/c1-14(29)23(32-21(37)11-28)25(40)30-12-22(38)34-13-17(36)10-20(34)26(41)33-8-2-3-19(33)24(39)31-18(27(42)43)9-15-4-6-16(35)7-5-15/h4-7,14,17-20,23,35-36H,2-3,8-13,28-29H2,1H3,(H,30,40)(H,31,39)(H,32,37)(H,42,43)/t14?,17-,18-,19-,20-,23-/m1/s1. The number of phenolic OH excluding ortho intramolecular Hbond substituents is 1. The number of aromatic hydroxyl groups is 1. The molecule has 0 aromatic heterocycles. The Hall–Kier alpha value is -4.28. The number of phenols is 1. The summed E-state index contributed by atoms with van der Waals surface area (Å²) in [6.45, 7) is 0.594. The number of aliphatic carboxylic acids is 1. The number of nitrogens with zero attached hydrogens (tertiary/aromatic N) is 2. The van der Waals surface area contributed by atoms with E-state index in [1.54, 1.807) is 0 Å². The van der Waals surface area contributed by atoms with Crippen LogP contribution < -0.4 is 27.4 Å². The molecule has 0 bridgehead atoms. The van der Waals surface area contributed by atoms with E-state index in [2.05, 4.69) is 16.0 Å². The Labute approximate surface area is 247 Å². The van der Waals surface area contributed by atoms with E-state index >= 15 is 0 Å². The Kier molecular flexibility index (Phi) is 11.4. The third-order valence-corrected chi connectivity index (χ3v) is 7.44. The molecule has 0 radical (unpaired) electrons. The zero-order chi connectivity index (χ0) is 31.8. The number of aliphatic hydroxyl groups is 1. The predicted octanol–water partition coefficient (Wildman–Crippen LogP) is -3.64. The first-order valence-corrected chi connectivity index (χ1v) is 13.9. The second kappa shape index (κ2) is 14.8. The van der Waals surface area contributed by atoms with Gasteiger partial charge in [-0.1, -0.05) is 12.1 Å². The van der Waals surface area contributed by atoms with Crippen molar-refractivity contribution in [1.82, 2.24) is 25.8 Å². The largest absolute Gasteiger partial charge is 0.508 e.